The molecule has 2 aromatic rings. The van der Waals surface area contributed by atoms with Crippen LogP contribution in [0.25, 0.3) is 11.3 Å². The predicted molar refractivity (Wildman–Crippen MR) is 89.9 cm³/mol. The first kappa shape index (κ1) is 17.1. The van der Waals surface area contributed by atoms with Crippen LogP contribution in [0, 0.1) is 11.6 Å². The van der Waals surface area contributed by atoms with Gasteiger partial charge in [-0.2, -0.15) is 4.99 Å². The molecule has 0 atom stereocenters. The normalized spacial score (nSPS) is 13.3. The van der Waals surface area contributed by atoms with E-state index in [2.05, 4.69) is 9.98 Å². The minimum atomic E-state index is -0.634. The molecule has 25 heavy (non-hydrogen) atoms. The number of guanidine groups is 1. The molecule has 130 valence electrons. The quantitative estimate of drug-likeness (QED) is 0.599. The van der Waals surface area contributed by atoms with Gasteiger partial charge in [0.05, 0.1) is 5.02 Å². The summed E-state index contributed by atoms with van der Waals surface area (Å²) in [7, 11) is 0. The highest BCUT2D eigenvalue weighted by Crippen LogP contribution is 2.33. The van der Waals surface area contributed by atoms with E-state index in [1.807, 2.05) is 0 Å². The Bertz CT molecular complexity index is 883. The van der Waals surface area contributed by atoms with Crippen LogP contribution in [-0.4, -0.2) is 28.4 Å². The number of halogens is 3. The maximum Gasteiger partial charge on any atom is 0.347 e. The molecule has 1 aliphatic heterocycles. The zero-order chi connectivity index (χ0) is 18.1. The molecule has 0 saturated carbocycles. The SMILES string of the molecule is NC(N)=NC(=O)N1CCc2c(F)ccc(-c3ncc(Cl)cc3F)c2C1. The number of nitrogens with zero attached hydrogens (tertiary/aromatic N) is 3. The van der Waals surface area contributed by atoms with Gasteiger partial charge in [0.15, 0.2) is 11.8 Å². The van der Waals surface area contributed by atoms with Crippen molar-refractivity contribution in [3.8, 4) is 11.3 Å². The molecule has 0 radical (unpaired) electrons. The van der Waals surface area contributed by atoms with Crippen LogP contribution in [0.1, 0.15) is 11.1 Å². The zero-order valence-electron chi connectivity index (χ0n) is 13.0. The molecule has 0 unspecified atom stereocenters. The molecule has 1 aromatic carbocycles. The monoisotopic (exact) mass is 365 g/mol. The highest BCUT2D eigenvalue weighted by atomic mass is 35.5. The number of benzene rings is 1. The molecular formula is C16H14ClF2N5O. The number of rotatable bonds is 1. The van der Waals surface area contributed by atoms with Gasteiger partial charge in [-0.15, -0.1) is 0 Å². The molecule has 1 aliphatic rings. The second kappa shape index (κ2) is 6.64. The van der Waals surface area contributed by atoms with Gasteiger partial charge in [0.2, 0.25) is 0 Å². The molecule has 4 N–H and O–H groups in total. The molecule has 9 heteroatoms. The molecule has 6 nitrogen and oxygen atoms in total. The van der Waals surface area contributed by atoms with Crippen LogP contribution in [0.2, 0.25) is 5.02 Å². The van der Waals surface area contributed by atoms with Crippen molar-refractivity contribution in [2.75, 3.05) is 6.54 Å². The number of hydrogen-bond donors (Lipinski definition) is 2. The summed E-state index contributed by atoms with van der Waals surface area (Å²) in [4.78, 5) is 20.9. The fourth-order valence-corrected chi connectivity index (χ4v) is 2.96. The number of aliphatic imine (C=N–C) groups is 1. The van der Waals surface area contributed by atoms with Crippen LogP contribution >= 0.6 is 11.6 Å². The first-order valence-corrected chi connectivity index (χ1v) is 7.75. The van der Waals surface area contributed by atoms with Gasteiger partial charge in [0, 0.05) is 24.8 Å². The molecule has 2 amide bonds. The average molecular weight is 366 g/mol. The van der Waals surface area contributed by atoms with Crippen molar-refractivity contribution in [1.29, 1.82) is 0 Å². The van der Waals surface area contributed by atoms with E-state index in [9.17, 15) is 13.6 Å². The van der Waals surface area contributed by atoms with Gasteiger partial charge in [-0.3, -0.25) is 4.98 Å². The van der Waals surface area contributed by atoms with E-state index in [0.717, 1.165) is 6.07 Å². The Kier molecular flexibility index (Phi) is 4.54. The Labute approximate surface area is 147 Å². The minimum absolute atomic E-state index is 0.0387. The minimum Gasteiger partial charge on any atom is -0.370 e. The third kappa shape index (κ3) is 3.39. The Hall–Kier alpha value is -2.74. The van der Waals surface area contributed by atoms with Crippen molar-refractivity contribution in [1.82, 2.24) is 9.88 Å². The van der Waals surface area contributed by atoms with E-state index in [-0.39, 0.29) is 36.2 Å². The maximum atomic E-state index is 14.3. The lowest BCUT2D eigenvalue weighted by molar-refractivity contribution is 0.202. The van der Waals surface area contributed by atoms with Gasteiger partial charge in [0.25, 0.3) is 0 Å². The predicted octanol–water partition coefficient (Wildman–Crippen LogP) is 2.43. The van der Waals surface area contributed by atoms with Crippen LogP contribution in [-0.2, 0) is 13.0 Å². The lowest BCUT2D eigenvalue weighted by atomic mass is 9.92. The Morgan fingerprint density at radius 3 is 2.68 bits per heavy atom. The largest absolute Gasteiger partial charge is 0.370 e. The Morgan fingerprint density at radius 2 is 2.00 bits per heavy atom. The molecule has 0 saturated heterocycles. The number of urea groups is 1. The lowest BCUT2D eigenvalue weighted by Crippen LogP contribution is -2.37. The maximum absolute atomic E-state index is 14.3. The summed E-state index contributed by atoms with van der Waals surface area (Å²) in [5, 5.41) is 0.154. The van der Waals surface area contributed by atoms with Crippen LogP contribution in [0.5, 0.6) is 0 Å². The number of aromatic nitrogens is 1. The lowest BCUT2D eigenvalue weighted by Gasteiger charge is -2.29. The first-order chi connectivity index (χ1) is 11.9. The number of pyridine rings is 1. The highest BCUT2D eigenvalue weighted by Gasteiger charge is 2.26. The van der Waals surface area contributed by atoms with Gasteiger partial charge < -0.3 is 16.4 Å². The first-order valence-electron chi connectivity index (χ1n) is 7.37. The molecule has 2 heterocycles. The Morgan fingerprint density at radius 1 is 1.24 bits per heavy atom. The van der Waals surface area contributed by atoms with Gasteiger partial charge in [-0.05, 0) is 35.7 Å². The van der Waals surface area contributed by atoms with Crippen LogP contribution in [0.15, 0.2) is 29.4 Å². The molecule has 0 bridgehead atoms. The van der Waals surface area contributed by atoms with E-state index in [1.165, 1.54) is 23.2 Å². The van der Waals surface area contributed by atoms with Gasteiger partial charge in [-0.1, -0.05) is 11.6 Å². The van der Waals surface area contributed by atoms with Crippen LogP contribution in [0.4, 0.5) is 13.6 Å². The molecule has 3 rings (SSSR count). The van der Waals surface area contributed by atoms with Crippen molar-refractivity contribution in [3.63, 3.8) is 0 Å². The van der Waals surface area contributed by atoms with Crippen LogP contribution < -0.4 is 11.5 Å². The fraction of sp³-hybridized carbons (Fsp3) is 0.188. The summed E-state index contributed by atoms with van der Waals surface area (Å²) in [6, 6.07) is 3.19. The topological polar surface area (TPSA) is 97.6 Å². The van der Waals surface area contributed by atoms with Crippen molar-refractivity contribution in [2.24, 2.45) is 16.5 Å². The van der Waals surface area contributed by atoms with E-state index in [0.29, 0.717) is 16.7 Å². The van der Waals surface area contributed by atoms with Crippen molar-refractivity contribution in [2.45, 2.75) is 13.0 Å². The second-order valence-electron chi connectivity index (χ2n) is 5.53. The second-order valence-corrected chi connectivity index (χ2v) is 5.96. The number of fused-ring (bicyclic) bond motifs is 1. The van der Waals surface area contributed by atoms with Gasteiger partial charge >= 0.3 is 6.03 Å². The summed E-state index contributed by atoms with van der Waals surface area (Å²) in [6.45, 7) is 0.293. The third-order valence-electron chi connectivity index (χ3n) is 3.91. The molecular weight excluding hydrogens is 352 g/mol. The molecule has 0 spiro atoms. The molecule has 1 aromatic heterocycles. The number of carbonyl (C=O) groups is 1. The third-order valence-corrected chi connectivity index (χ3v) is 4.12. The summed E-state index contributed by atoms with van der Waals surface area (Å²) < 4.78 is 28.4. The average Bonchev–Trinajstić information content (AvgIpc) is 2.55. The van der Waals surface area contributed by atoms with Gasteiger partial charge in [0.1, 0.15) is 11.5 Å². The highest BCUT2D eigenvalue weighted by molar-refractivity contribution is 6.30. The van der Waals surface area contributed by atoms with Crippen molar-refractivity contribution >= 4 is 23.6 Å². The molecule has 0 aliphatic carbocycles. The fourth-order valence-electron chi connectivity index (χ4n) is 2.81. The number of nitrogens with two attached hydrogens (primary N) is 2. The summed E-state index contributed by atoms with van der Waals surface area (Å²) in [5.41, 5.74) is 11.8. The smallest absolute Gasteiger partial charge is 0.347 e. The summed E-state index contributed by atoms with van der Waals surface area (Å²) in [6.07, 6.45) is 1.57. The van der Waals surface area contributed by atoms with Crippen molar-refractivity contribution in [3.05, 3.63) is 52.2 Å². The van der Waals surface area contributed by atoms with Crippen molar-refractivity contribution < 1.29 is 13.6 Å². The number of amides is 2. The van der Waals surface area contributed by atoms with E-state index in [1.54, 1.807) is 0 Å². The van der Waals surface area contributed by atoms with Gasteiger partial charge in [-0.25, -0.2) is 13.6 Å². The molecule has 0 fully saturated rings. The summed E-state index contributed by atoms with van der Waals surface area (Å²) in [5.74, 6) is -1.41. The standard InChI is InChI=1S/C16H14ClF2N5O/c17-8-5-13(19)14(22-6-8)10-1-2-12(18)9-3-4-24(7-11(9)10)16(25)23-15(20)21/h1-2,5-6H,3-4,7H2,(H4,20,21,23,25). The Balaban J connectivity index is 2.07. The van der Waals surface area contributed by atoms with E-state index >= 15 is 0 Å². The van der Waals surface area contributed by atoms with E-state index < -0.39 is 17.7 Å². The van der Waals surface area contributed by atoms with Crippen LogP contribution in [0.3, 0.4) is 0 Å². The number of hydrogen-bond acceptors (Lipinski definition) is 2. The van der Waals surface area contributed by atoms with E-state index in [4.69, 9.17) is 23.1 Å². The number of carbonyl (C=O) groups excluding carboxylic acids is 1. The zero-order valence-corrected chi connectivity index (χ0v) is 13.7. The summed E-state index contributed by atoms with van der Waals surface area (Å²) >= 11 is 5.73.